The molecule has 0 saturated heterocycles. The lowest BCUT2D eigenvalue weighted by Gasteiger charge is -2.23. The molecule has 1 heterocycles. The molecular weight excluding hydrogens is 282 g/mol. The van der Waals surface area contributed by atoms with Crippen LogP contribution < -0.4 is 5.32 Å². The number of amides is 1. The summed E-state index contributed by atoms with van der Waals surface area (Å²) in [6.07, 6.45) is 1.70. The van der Waals surface area contributed by atoms with Crippen molar-refractivity contribution in [1.82, 2.24) is 9.88 Å². The number of anilines is 1. The minimum Gasteiger partial charge on any atom is -0.358 e. The Hall–Kier alpha value is -1.10. The largest absolute Gasteiger partial charge is 0.358 e. The summed E-state index contributed by atoms with van der Waals surface area (Å²) in [5.74, 6) is 0.785. The zero-order valence-electron chi connectivity index (χ0n) is 10.4. The van der Waals surface area contributed by atoms with Crippen LogP contribution in [0.4, 0.5) is 5.82 Å². The summed E-state index contributed by atoms with van der Waals surface area (Å²) >= 11 is 3.40. The van der Waals surface area contributed by atoms with Crippen molar-refractivity contribution in [2.45, 2.75) is 26.8 Å². The zero-order chi connectivity index (χ0) is 12.8. The fraction of sp³-hybridized carbons (Fsp3) is 0.500. The molecule has 4 nitrogen and oxygen atoms in total. The van der Waals surface area contributed by atoms with Crippen LogP contribution in [0.1, 0.15) is 20.8 Å². The molecule has 1 amide bonds. The third-order valence-corrected chi connectivity index (χ3v) is 3.20. The summed E-state index contributed by atoms with van der Waals surface area (Å²) < 4.78 is 0.860. The fourth-order valence-electron chi connectivity index (χ4n) is 1.57. The first kappa shape index (κ1) is 14.0. The number of carbonyl (C=O) groups excluding carboxylic acids is 1. The lowest BCUT2D eigenvalue weighted by atomic mass is 10.2. The number of pyridine rings is 1. The Morgan fingerprint density at radius 2 is 2.18 bits per heavy atom. The molecule has 1 rings (SSSR count). The van der Waals surface area contributed by atoms with Gasteiger partial charge in [0.25, 0.3) is 0 Å². The van der Waals surface area contributed by atoms with Gasteiger partial charge in [0.2, 0.25) is 5.91 Å². The van der Waals surface area contributed by atoms with Gasteiger partial charge in [-0.3, -0.25) is 4.79 Å². The second-order valence-corrected chi connectivity index (χ2v) is 4.56. The van der Waals surface area contributed by atoms with Gasteiger partial charge in [0.05, 0.1) is 4.47 Å². The van der Waals surface area contributed by atoms with E-state index < -0.39 is 0 Å². The zero-order valence-corrected chi connectivity index (χ0v) is 12.0. The van der Waals surface area contributed by atoms with Gasteiger partial charge < -0.3 is 10.2 Å². The van der Waals surface area contributed by atoms with Crippen molar-refractivity contribution in [2.75, 3.05) is 18.4 Å². The van der Waals surface area contributed by atoms with Gasteiger partial charge in [0, 0.05) is 19.3 Å². The molecule has 0 saturated carbocycles. The summed E-state index contributed by atoms with van der Waals surface area (Å²) in [6, 6.07) is 3.46. The van der Waals surface area contributed by atoms with Gasteiger partial charge in [-0.15, -0.1) is 0 Å². The Morgan fingerprint density at radius 3 is 2.71 bits per heavy atom. The molecule has 1 atom stereocenters. The molecule has 0 bridgehead atoms. The van der Waals surface area contributed by atoms with Crippen LogP contribution in [0.3, 0.4) is 0 Å². The van der Waals surface area contributed by atoms with Crippen molar-refractivity contribution in [3.63, 3.8) is 0 Å². The van der Waals surface area contributed by atoms with Crippen LogP contribution in [-0.4, -0.2) is 34.9 Å². The Bertz CT molecular complexity index is 380. The van der Waals surface area contributed by atoms with E-state index in [9.17, 15) is 4.79 Å². The molecule has 5 heteroatoms. The highest BCUT2D eigenvalue weighted by molar-refractivity contribution is 9.10. The van der Waals surface area contributed by atoms with Crippen molar-refractivity contribution in [2.24, 2.45) is 0 Å². The first-order chi connectivity index (χ1) is 8.10. The number of halogens is 1. The molecule has 0 fully saturated rings. The maximum atomic E-state index is 12.0. The molecule has 94 valence electrons. The molecule has 0 spiro atoms. The second-order valence-electron chi connectivity index (χ2n) is 3.71. The van der Waals surface area contributed by atoms with E-state index in [4.69, 9.17) is 0 Å². The highest BCUT2D eigenvalue weighted by Crippen LogP contribution is 2.19. The number of rotatable bonds is 5. The molecule has 1 aromatic heterocycles. The maximum Gasteiger partial charge on any atom is 0.244 e. The van der Waals surface area contributed by atoms with Gasteiger partial charge in [0.15, 0.2) is 0 Å². The molecular formula is C12H18BrN3O. The molecule has 0 radical (unpaired) electrons. The third kappa shape index (κ3) is 3.70. The van der Waals surface area contributed by atoms with E-state index in [1.165, 1.54) is 0 Å². The Labute approximate surface area is 111 Å². The standard InChI is InChI=1S/C12H18BrN3O/c1-4-16(5-2)12(17)9(3)15-11-10(13)7-6-8-14-11/h6-9H,4-5H2,1-3H3,(H,14,15). The monoisotopic (exact) mass is 299 g/mol. The van der Waals surface area contributed by atoms with Crippen molar-refractivity contribution in [3.05, 3.63) is 22.8 Å². The van der Waals surface area contributed by atoms with Crippen LogP contribution in [0.2, 0.25) is 0 Å². The predicted molar refractivity (Wildman–Crippen MR) is 72.9 cm³/mol. The lowest BCUT2D eigenvalue weighted by molar-refractivity contribution is -0.131. The summed E-state index contributed by atoms with van der Waals surface area (Å²) in [7, 11) is 0. The first-order valence-electron chi connectivity index (χ1n) is 5.76. The summed E-state index contributed by atoms with van der Waals surface area (Å²) in [5.41, 5.74) is 0. The van der Waals surface area contributed by atoms with E-state index in [1.54, 1.807) is 11.1 Å². The topological polar surface area (TPSA) is 45.2 Å². The Kier molecular flexibility index (Phi) is 5.41. The highest BCUT2D eigenvalue weighted by Gasteiger charge is 2.18. The molecule has 1 N–H and O–H groups in total. The van der Waals surface area contributed by atoms with E-state index >= 15 is 0 Å². The molecule has 0 aliphatic rings. The lowest BCUT2D eigenvalue weighted by Crippen LogP contribution is -2.41. The van der Waals surface area contributed by atoms with Gasteiger partial charge in [0.1, 0.15) is 11.9 Å². The number of hydrogen-bond acceptors (Lipinski definition) is 3. The summed E-state index contributed by atoms with van der Waals surface area (Å²) in [4.78, 5) is 18.0. The van der Waals surface area contributed by atoms with E-state index in [0.717, 1.165) is 17.6 Å². The SMILES string of the molecule is CCN(CC)C(=O)C(C)Nc1ncccc1Br. The minimum absolute atomic E-state index is 0.0903. The molecule has 17 heavy (non-hydrogen) atoms. The van der Waals surface area contributed by atoms with Gasteiger partial charge in [-0.05, 0) is 48.8 Å². The van der Waals surface area contributed by atoms with Crippen molar-refractivity contribution >= 4 is 27.7 Å². The van der Waals surface area contributed by atoms with E-state index in [2.05, 4.69) is 26.2 Å². The Morgan fingerprint density at radius 1 is 1.53 bits per heavy atom. The van der Waals surface area contributed by atoms with Crippen LogP contribution in [0.25, 0.3) is 0 Å². The third-order valence-electron chi connectivity index (χ3n) is 2.56. The van der Waals surface area contributed by atoms with Gasteiger partial charge in [-0.25, -0.2) is 4.98 Å². The maximum absolute atomic E-state index is 12.0. The average Bonchev–Trinajstić information content (AvgIpc) is 2.33. The second kappa shape index (κ2) is 6.59. The van der Waals surface area contributed by atoms with Gasteiger partial charge in [-0.2, -0.15) is 0 Å². The van der Waals surface area contributed by atoms with Gasteiger partial charge in [-0.1, -0.05) is 0 Å². The molecule has 1 aromatic rings. The van der Waals surface area contributed by atoms with Crippen LogP contribution in [-0.2, 0) is 4.79 Å². The quantitative estimate of drug-likeness (QED) is 0.909. The molecule has 0 aliphatic carbocycles. The number of hydrogen-bond donors (Lipinski definition) is 1. The van der Waals surface area contributed by atoms with Crippen LogP contribution in [0, 0.1) is 0 Å². The number of carbonyl (C=O) groups is 1. The summed E-state index contributed by atoms with van der Waals surface area (Å²) in [6.45, 7) is 7.26. The van der Waals surface area contributed by atoms with Crippen LogP contribution in [0.15, 0.2) is 22.8 Å². The van der Waals surface area contributed by atoms with Crippen molar-refractivity contribution in [1.29, 1.82) is 0 Å². The smallest absolute Gasteiger partial charge is 0.244 e. The predicted octanol–water partition coefficient (Wildman–Crippen LogP) is 2.51. The van der Waals surface area contributed by atoms with Crippen molar-refractivity contribution in [3.8, 4) is 0 Å². The first-order valence-corrected chi connectivity index (χ1v) is 6.55. The molecule has 0 aliphatic heterocycles. The molecule has 1 unspecified atom stereocenters. The van der Waals surface area contributed by atoms with E-state index in [-0.39, 0.29) is 11.9 Å². The normalized spacial score (nSPS) is 12.0. The fourth-order valence-corrected chi connectivity index (χ4v) is 1.94. The summed E-state index contributed by atoms with van der Waals surface area (Å²) in [5, 5.41) is 3.11. The van der Waals surface area contributed by atoms with Crippen LogP contribution >= 0.6 is 15.9 Å². The number of aromatic nitrogens is 1. The number of likely N-dealkylation sites (N-methyl/N-ethyl adjacent to an activating group) is 1. The molecule has 0 aromatic carbocycles. The number of nitrogens with zero attached hydrogens (tertiary/aromatic N) is 2. The van der Waals surface area contributed by atoms with E-state index in [1.807, 2.05) is 32.9 Å². The average molecular weight is 300 g/mol. The number of nitrogens with one attached hydrogen (secondary N) is 1. The van der Waals surface area contributed by atoms with Crippen LogP contribution in [0.5, 0.6) is 0 Å². The van der Waals surface area contributed by atoms with Crippen molar-refractivity contribution < 1.29 is 4.79 Å². The minimum atomic E-state index is -0.277. The Balaban J connectivity index is 2.69. The van der Waals surface area contributed by atoms with E-state index in [0.29, 0.717) is 5.82 Å². The highest BCUT2D eigenvalue weighted by atomic mass is 79.9. The van der Waals surface area contributed by atoms with Gasteiger partial charge >= 0.3 is 0 Å².